The topological polar surface area (TPSA) is 109 Å². The highest BCUT2D eigenvalue weighted by Gasteiger charge is 2.11. The molecular formula is C21H17N5O3. The summed E-state index contributed by atoms with van der Waals surface area (Å²) in [5.74, 6) is -0.710. The first-order valence-electron chi connectivity index (χ1n) is 8.84. The number of carbonyl (C=O) groups is 2. The molecule has 2 heterocycles. The normalized spacial score (nSPS) is 10.7. The van der Waals surface area contributed by atoms with Crippen LogP contribution in [0.5, 0.6) is 0 Å². The monoisotopic (exact) mass is 387 g/mol. The van der Waals surface area contributed by atoms with Gasteiger partial charge in [0, 0.05) is 23.9 Å². The van der Waals surface area contributed by atoms with Gasteiger partial charge in [0.2, 0.25) is 5.95 Å². The molecule has 0 saturated heterocycles. The number of carbonyl (C=O) groups excluding carboxylic acids is 1. The molecule has 8 heteroatoms. The second-order valence-electron chi connectivity index (χ2n) is 6.28. The number of hydrogen-bond donors (Lipinski definition) is 3. The average molecular weight is 387 g/mol. The van der Waals surface area contributed by atoms with E-state index >= 15 is 0 Å². The maximum Gasteiger partial charge on any atom is 0.335 e. The van der Waals surface area contributed by atoms with Crippen LogP contribution in [0.1, 0.15) is 20.7 Å². The smallest absolute Gasteiger partial charge is 0.335 e. The van der Waals surface area contributed by atoms with Crippen molar-refractivity contribution in [2.75, 3.05) is 12.4 Å². The Morgan fingerprint density at radius 3 is 2.28 bits per heavy atom. The van der Waals surface area contributed by atoms with Gasteiger partial charge in [0.1, 0.15) is 0 Å². The molecule has 4 aromatic rings. The zero-order valence-electron chi connectivity index (χ0n) is 15.5. The van der Waals surface area contributed by atoms with E-state index in [-0.39, 0.29) is 11.5 Å². The SMILES string of the molecule is CNC(=O)c1ccc(Nc2nc3cccc(-c4ccc(C(=O)O)cc4)n3n2)cc1. The number of hydrogen-bond acceptors (Lipinski definition) is 5. The number of nitrogens with zero attached hydrogens (tertiary/aromatic N) is 3. The molecule has 0 fully saturated rings. The van der Waals surface area contributed by atoms with Gasteiger partial charge in [0.25, 0.3) is 5.91 Å². The maximum absolute atomic E-state index is 11.6. The van der Waals surface area contributed by atoms with Crippen LogP contribution in [0, 0.1) is 0 Å². The van der Waals surface area contributed by atoms with Crippen molar-refractivity contribution < 1.29 is 14.7 Å². The van der Waals surface area contributed by atoms with E-state index in [0.717, 1.165) is 16.9 Å². The first kappa shape index (κ1) is 18.2. The zero-order chi connectivity index (χ0) is 20.4. The minimum atomic E-state index is -0.968. The third kappa shape index (κ3) is 3.63. The summed E-state index contributed by atoms with van der Waals surface area (Å²) in [7, 11) is 1.59. The molecule has 0 spiro atoms. The van der Waals surface area contributed by atoms with Crippen LogP contribution in [0.2, 0.25) is 0 Å². The van der Waals surface area contributed by atoms with Crippen LogP contribution in [-0.2, 0) is 0 Å². The van der Waals surface area contributed by atoms with Gasteiger partial charge in [0.15, 0.2) is 5.65 Å². The van der Waals surface area contributed by atoms with E-state index in [2.05, 4.69) is 20.7 Å². The summed E-state index contributed by atoms with van der Waals surface area (Å²) < 4.78 is 1.69. The molecule has 0 aliphatic carbocycles. The molecule has 3 N–H and O–H groups in total. The van der Waals surface area contributed by atoms with E-state index < -0.39 is 5.97 Å². The number of rotatable bonds is 5. The van der Waals surface area contributed by atoms with Crippen molar-refractivity contribution in [3.8, 4) is 11.3 Å². The Kier molecular flexibility index (Phi) is 4.66. The lowest BCUT2D eigenvalue weighted by Crippen LogP contribution is -2.17. The highest BCUT2D eigenvalue weighted by atomic mass is 16.4. The number of aromatic nitrogens is 3. The van der Waals surface area contributed by atoms with Crippen LogP contribution in [-0.4, -0.2) is 38.6 Å². The standard InChI is InChI=1S/C21H17N5O3/c1-22-19(27)14-9-11-16(12-10-14)23-21-24-18-4-2-3-17(26(18)25-21)13-5-7-15(8-6-13)20(28)29/h2-12H,1H3,(H,22,27)(H,23,25)(H,28,29). The highest BCUT2D eigenvalue weighted by Crippen LogP contribution is 2.22. The van der Waals surface area contributed by atoms with Crippen LogP contribution in [0.4, 0.5) is 11.6 Å². The van der Waals surface area contributed by atoms with Gasteiger partial charge in [-0.2, -0.15) is 4.98 Å². The van der Waals surface area contributed by atoms with Crippen LogP contribution >= 0.6 is 0 Å². The summed E-state index contributed by atoms with van der Waals surface area (Å²) in [5.41, 5.74) is 3.80. The Labute approximate surface area is 165 Å². The van der Waals surface area contributed by atoms with Crippen molar-refractivity contribution in [1.29, 1.82) is 0 Å². The Hall–Kier alpha value is -4.20. The Bertz CT molecular complexity index is 1200. The number of amides is 1. The van der Waals surface area contributed by atoms with Gasteiger partial charge >= 0.3 is 5.97 Å². The molecule has 144 valence electrons. The second-order valence-corrected chi connectivity index (χ2v) is 6.28. The first-order valence-corrected chi connectivity index (χ1v) is 8.84. The van der Waals surface area contributed by atoms with E-state index in [1.165, 1.54) is 0 Å². The molecule has 0 bridgehead atoms. The van der Waals surface area contributed by atoms with E-state index in [4.69, 9.17) is 5.11 Å². The van der Waals surface area contributed by atoms with Crippen LogP contribution < -0.4 is 10.6 Å². The highest BCUT2D eigenvalue weighted by molar-refractivity contribution is 5.94. The number of nitrogens with one attached hydrogen (secondary N) is 2. The molecule has 8 nitrogen and oxygen atoms in total. The molecule has 0 saturated carbocycles. The van der Waals surface area contributed by atoms with Gasteiger partial charge < -0.3 is 15.7 Å². The summed E-state index contributed by atoms with van der Waals surface area (Å²) in [6, 6.07) is 19.2. The lowest BCUT2D eigenvalue weighted by molar-refractivity contribution is 0.0696. The predicted molar refractivity (Wildman–Crippen MR) is 108 cm³/mol. The summed E-state index contributed by atoms with van der Waals surface area (Å²) in [5, 5.41) is 19.3. The van der Waals surface area contributed by atoms with E-state index in [1.54, 1.807) is 60.1 Å². The molecule has 0 atom stereocenters. The van der Waals surface area contributed by atoms with Crippen molar-refractivity contribution in [2.24, 2.45) is 0 Å². The second kappa shape index (κ2) is 7.43. The van der Waals surface area contributed by atoms with Gasteiger partial charge in [-0.1, -0.05) is 18.2 Å². The van der Waals surface area contributed by atoms with Crippen LogP contribution in [0.15, 0.2) is 66.7 Å². The van der Waals surface area contributed by atoms with Crippen LogP contribution in [0.25, 0.3) is 16.9 Å². The Morgan fingerprint density at radius 1 is 0.931 bits per heavy atom. The third-order valence-electron chi connectivity index (χ3n) is 4.42. The van der Waals surface area contributed by atoms with E-state index in [1.807, 2.05) is 18.2 Å². The van der Waals surface area contributed by atoms with Gasteiger partial charge in [0.05, 0.1) is 11.3 Å². The number of carboxylic acids is 1. The zero-order valence-corrected chi connectivity index (χ0v) is 15.5. The summed E-state index contributed by atoms with van der Waals surface area (Å²) in [6.07, 6.45) is 0. The average Bonchev–Trinajstić information content (AvgIpc) is 3.16. The van der Waals surface area contributed by atoms with Crippen molar-refractivity contribution in [3.05, 3.63) is 77.9 Å². The Balaban J connectivity index is 1.64. The number of benzene rings is 2. The van der Waals surface area contributed by atoms with Crippen molar-refractivity contribution >= 4 is 29.2 Å². The predicted octanol–water partition coefficient (Wildman–Crippen LogP) is 3.20. The molecule has 2 aromatic carbocycles. The lowest BCUT2D eigenvalue weighted by atomic mass is 10.1. The quantitative estimate of drug-likeness (QED) is 0.485. The maximum atomic E-state index is 11.6. The van der Waals surface area contributed by atoms with Gasteiger partial charge in [-0.05, 0) is 48.5 Å². The molecule has 4 rings (SSSR count). The van der Waals surface area contributed by atoms with Gasteiger partial charge in [-0.25, -0.2) is 9.31 Å². The fourth-order valence-corrected chi connectivity index (χ4v) is 2.94. The molecule has 0 aliphatic heterocycles. The number of fused-ring (bicyclic) bond motifs is 1. The number of anilines is 2. The minimum Gasteiger partial charge on any atom is -0.478 e. The molecule has 0 unspecified atom stereocenters. The molecule has 0 radical (unpaired) electrons. The van der Waals surface area contributed by atoms with Crippen molar-refractivity contribution in [3.63, 3.8) is 0 Å². The summed E-state index contributed by atoms with van der Waals surface area (Å²) in [6.45, 7) is 0. The minimum absolute atomic E-state index is 0.152. The Morgan fingerprint density at radius 2 is 1.62 bits per heavy atom. The molecule has 2 aromatic heterocycles. The van der Waals surface area contributed by atoms with E-state index in [9.17, 15) is 9.59 Å². The molecule has 0 aliphatic rings. The first-order chi connectivity index (χ1) is 14.0. The van der Waals surface area contributed by atoms with Crippen LogP contribution in [0.3, 0.4) is 0 Å². The number of aromatic carboxylic acids is 1. The molecule has 29 heavy (non-hydrogen) atoms. The third-order valence-corrected chi connectivity index (χ3v) is 4.42. The fourth-order valence-electron chi connectivity index (χ4n) is 2.94. The van der Waals surface area contributed by atoms with Gasteiger partial charge in [-0.15, -0.1) is 5.10 Å². The van der Waals surface area contributed by atoms with Crippen molar-refractivity contribution in [1.82, 2.24) is 19.9 Å². The van der Waals surface area contributed by atoms with Gasteiger partial charge in [-0.3, -0.25) is 4.79 Å². The lowest BCUT2D eigenvalue weighted by Gasteiger charge is -2.05. The fraction of sp³-hybridized carbons (Fsp3) is 0.0476. The number of pyridine rings is 1. The molecular weight excluding hydrogens is 370 g/mol. The summed E-state index contributed by atoms with van der Waals surface area (Å²) in [4.78, 5) is 27.2. The van der Waals surface area contributed by atoms with E-state index in [0.29, 0.717) is 17.2 Å². The molecule has 1 amide bonds. The largest absolute Gasteiger partial charge is 0.478 e. The van der Waals surface area contributed by atoms with Crippen molar-refractivity contribution in [2.45, 2.75) is 0 Å². The summed E-state index contributed by atoms with van der Waals surface area (Å²) >= 11 is 0. The number of carboxylic acid groups (broad SMARTS) is 1.